The van der Waals surface area contributed by atoms with Crippen LogP contribution < -0.4 is 10.6 Å². The molecule has 0 aromatic carbocycles. The standard InChI is InChI=1S/C20H35N5O5S/c1-11(2)14(18-16(27)15(26)17(28)20(30-18)31-3)23-19(29)13-10-12(4-6-21-13)5-8-25-9-7-22-24-25/h7,9,11-18,20-21,26-28H,4-6,8,10H2,1-3H3,(H,23,29). The fourth-order valence-corrected chi connectivity index (χ4v) is 5.06. The molecule has 1 aromatic heterocycles. The summed E-state index contributed by atoms with van der Waals surface area (Å²) in [5.41, 5.74) is -0.671. The van der Waals surface area contributed by atoms with E-state index < -0.39 is 35.9 Å². The lowest BCUT2D eigenvalue weighted by Crippen LogP contribution is -2.65. The number of aliphatic hydroxyl groups is 3. The third kappa shape index (κ3) is 5.96. The normalized spacial score (nSPS) is 35.1. The first-order valence-electron chi connectivity index (χ1n) is 10.9. The van der Waals surface area contributed by atoms with Crippen LogP contribution in [0.25, 0.3) is 0 Å². The number of aryl methyl sites for hydroxylation is 1. The molecule has 0 spiro atoms. The van der Waals surface area contributed by atoms with Crippen molar-refractivity contribution >= 4 is 17.7 Å². The monoisotopic (exact) mass is 457 g/mol. The Morgan fingerprint density at radius 2 is 2.10 bits per heavy atom. The molecule has 8 atom stereocenters. The van der Waals surface area contributed by atoms with Gasteiger partial charge in [0, 0.05) is 12.7 Å². The van der Waals surface area contributed by atoms with Gasteiger partial charge in [0.25, 0.3) is 0 Å². The topological polar surface area (TPSA) is 142 Å². The van der Waals surface area contributed by atoms with Crippen molar-refractivity contribution in [1.82, 2.24) is 25.6 Å². The summed E-state index contributed by atoms with van der Waals surface area (Å²) in [5.74, 6) is 0.217. The van der Waals surface area contributed by atoms with Gasteiger partial charge in [0.2, 0.25) is 5.91 Å². The fourth-order valence-electron chi connectivity index (χ4n) is 4.38. The molecule has 176 valence electrons. The van der Waals surface area contributed by atoms with E-state index in [1.807, 2.05) is 20.0 Å². The third-order valence-corrected chi connectivity index (χ3v) is 7.14. The van der Waals surface area contributed by atoms with Gasteiger partial charge >= 0.3 is 0 Å². The van der Waals surface area contributed by atoms with Crippen LogP contribution in [0.3, 0.4) is 0 Å². The highest BCUT2D eigenvalue weighted by Crippen LogP contribution is 2.30. The van der Waals surface area contributed by atoms with E-state index in [4.69, 9.17) is 4.74 Å². The van der Waals surface area contributed by atoms with Crippen molar-refractivity contribution in [3.8, 4) is 0 Å². The summed E-state index contributed by atoms with van der Waals surface area (Å²) in [6, 6.07) is -0.833. The number of nitrogens with one attached hydrogen (secondary N) is 2. The van der Waals surface area contributed by atoms with Crippen LogP contribution in [-0.4, -0.2) is 91.0 Å². The molecule has 2 aliphatic rings. The number of nitrogens with zero attached hydrogens (tertiary/aromatic N) is 3. The molecule has 0 aliphatic carbocycles. The zero-order valence-corrected chi connectivity index (χ0v) is 19.1. The van der Waals surface area contributed by atoms with Crippen LogP contribution in [0.4, 0.5) is 0 Å². The van der Waals surface area contributed by atoms with Crippen molar-refractivity contribution < 1.29 is 24.9 Å². The average molecular weight is 458 g/mol. The highest BCUT2D eigenvalue weighted by Gasteiger charge is 2.47. The number of amides is 1. The number of aromatic nitrogens is 3. The van der Waals surface area contributed by atoms with Crippen molar-refractivity contribution in [2.24, 2.45) is 11.8 Å². The van der Waals surface area contributed by atoms with Crippen LogP contribution >= 0.6 is 11.8 Å². The van der Waals surface area contributed by atoms with Gasteiger partial charge in [-0.1, -0.05) is 19.1 Å². The Hall–Kier alpha value is -1.24. The van der Waals surface area contributed by atoms with Crippen LogP contribution in [0.5, 0.6) is 0 Å². The molecule has 11 heteroatoms. The number of hydrogen-bond donors (Lipinski definition) is 5. The summed E-state index contributed by atoms with van der Waals surface area (Å²) in [6.07, 6.45) is 3.28. The van der Waals surface area contributed by atoms with Crippen LogP contribution in [0.1, 0.15) is 33.1 Å². The van der Waals surface area contributed by atoms with Crippen molar-refractivity contribution in [1.29, 1.82) is 0 Å². The van der Waals surface area contributed by atoms with E-state index in [1.165, 1.54) is 11.8 Å². The number of hydrogen-bond acceptors (Lipinski definition) is 9. The molecule has 0 saturated carbocycles. The molecule has 1 amide bonds. The van der Waals surface area contributed by atoms with E-state index in [0.717, 1.165) is 25.9 Å². The number of carbonyl (C=O) groups excluding carboxylic acids is 1. The van der Waals surface area contributed by atoms with E-state index in [1.54, 1.807) is 17.1 Å². The summed E-state index contributed by atoms with van der Waals surface area (Å²) in [7, 11) is 0. The molecular weight excluding hydrogens is 422 g/mol. The largest absolute Gasteiger partial charge is 0.388 e. The summed E-state index contributed by atoms with van der Waals surface area (Å²) < 4.78 is 7.70. The smallest absolute Gasteiger partial charge is 0.237 e. The van der Waals surface area contributed by atoms with Gasteiger partial charge in [-0.05, 0) is 43.9 Å². The van der Waals surface area contributed by atoms with Gasteiger partial charge < -0.3 is 30.7 Å². The minimum Gasteiger partial charge on any atom is -0.388 e. The predicted molar refractivity (Wildman–Crippen MR) is 116 cm³/mol. The zero-order chi connectivity index (χ0) is 22.5. The van der Waals surface area contributed by atoms with Gasteiger partial charge in [-0.25, -0.2) is 0 Å². The van der Waals surface area contributed by atoms with Crippen molar-refractivity contribution in [2.45, 2.75) is 81.6 Å². The number of carbonyl (C=O) groups is 1. The summed E-state index contributed by atoms with van der Waals surface area (Å²) >= 11 is 1.26. The van der Waals surface area contributed by atoms with Gasteiger partial charge in [0.05, 0.1) is 18.3 Å². The number of ether oxygens (including phenoxy) is 1. The molecule has 2 fully saturated rings. The minimum atomic E-state index is -1.33. The molecule has 10 nitrogen and oxygen atoms in total. The Bertz CT molecular complexity index is 692. The molecule has 1 aromatic rings. The molecular formula is C20H35N5O5S. The van der Waals surface area contributed by atoms with E-state index in [9.17, 15) is 20.1 Å². The maximum Gasteiger partial charge on any atom is 0.237 e. The number of thioether (sulfide) groups is 1. The van der Waals surface area contributed by atoms with Crippen molar-refractivity contribution in [3.05, 3.63) is 12.4 Å². The first-order chi connectivity index (χ1) is 14.8. The maximum absolute atomic E-state index is 13.1. The quantitative estimate of drug-likeness (QED) is 0.344. The molecule has 3 rings (SSSR count). The van der Waals surface area contributed by atoms with E-state index >= 15 is 0 Å². The average Bonchev–Trinajstić information content (AvgIpc) is 3.29. The second-order valence-corrected chi connectivity index (χ2v) is 9.74. The highest BCUT2D eigenvalue weighted by atomic mass is 32.2. The lowest BCUT2D eigenvalue weighted by atomic mass is 9.87. The summed E-state index contributed by atoms with van der Waals surface area (Å²) in [4.78, 5) is 13.1. The van der Waals surface area contributed by atoms with Gasteiger partial charge in [-0.3, -0.25) is 9.48 Å². The summed E-state index contributed by atoms with van der Waals surface area (Å²) in [5, 5.41) is 45.1. The van der Waals surface area contributed by atoms with E-state index in [0.29, 0.717) is 12.3 Å². The third-order valence-electron chi connectivity index (χ3n) is 6.29. The number of aliphatic hydroxyl groups excluding tert-OH is 3. The summed E-state index contributed by atoms with van der Waals surface area (Å²) in [6.45, 7) is 5.39. The Labute approximate surface area is 187 Å². The van der Waals surface area contributed by atoms with Gasteiger partial charge in [0.1, 0.15) is 29.9 Å². The molecule has 31 heavy (non-hydrogen) atoms. The predicted octanol–water partition coefficient (Wildman–Crippen LogP) is -0.652. The second-order valence-electron chi connectivity index (χ2n) is 8.81. The van der Waals surface area contributed by atoms with Crippen LogP contribution in [0, 0.1) is 11.8 Å². The van der Waals surface area contributed by atoms with E-state index in [2.05, 4.69) is 20.9 Å². The van der Waals surface area contributed by atoms with Crippen molar-refractivity contribution in [2.75, 3.05) is 12.8 Å². The Balaban J connectivity index is 1.60. The van der Waals surface area contributed by atoms with Crippen LogP contribution in [-0.2, 0) is 16.1 Å². The van der Waals surface area contributed by atoms with Crippen molar-refractivity contribution in [3.63, 3.8) is 0 Å². The molecule has 8 unspecified atom stereocenters. The van der Waals surface area contributed by atoms with Gasteiger partial charge in [-0.2, -0.15) is 0 Å². The lowest BCUT2D eigenvalue weighted by Gasteiger charge is -2.44. The fraction of sp³-hybridized carbons (Fsp3) is 0.850. The molecule has 5 N–H and O–H groups in total. The Kier molecular flexibility index (Phi) is 8.71. The number of piperidine rings is 1. The van der Waals surface area contributed by atoms with Crippen LogP contribution in [0.15, 0.2) is 12.4 Å². The SMILES string of the molecule is CSC1OC(C(NC(=O)C2CC(CCn3ccnn3)CCN2)C(C)C)C(O)C(O)C1O. The minimum absolute atomic E-state index is 0.0414. The lowest BCUT2D eigenvalue weighted by molar-refractivity contribution is -0.208. The highest BCUT2D eigenvalue weighted by molar-refractivity contribution is 7.99. The number of rotatable bonds is 8. The first-order valence-corrected chi connectivity index (χ1v) is 12.2. The maximum atomic E-state index is 13.1. The van der Waals surface area contributed by atoms with E-state index in [-0.39, 0.29) is 17.9 Å². The molecule has 2 saturated heterocycles. The first kappa shape index (κ1) is 24.4. The molecule has 2 aliphatic heterocycles. The van der Waals surface area contributed by atoms with Gasteiger partial charge in [0.15, 0.2) is 0 Å². The Morgan fingerprint density at radius 3 is 2.74 bits per heavy atom. The zero-order valence-electron chi connectivity index (χ0n) is 18.3. The second kappa shape index (κ2) is 11.1. The van der Waals surface area contributed by atoms with Gasteiger partial charge in [-0.15, -0.1) is 16.9 Å². The molecule has 3 heterocycles. The Morgan fingerprint density at radius 1 is 1.32 bits per heavy atom. The van der Waals surface area contributed by atoms with Crippen LogP contribution in [0.2, 0.25) is 0 Å². The molecule has 0 bridgehead atoms. The molecule has 0 radical (unpaired) electrons.